The summed E-state index contributed by atoms with van der Waals surface area (Å²) in [6.45, 7) is 0. The highest BCUT2D eigenvalue weighted by atomic mass is 79.9. The molecule has 0 radical (unpaired) electrons. The average molecular weight is 298 g/mol. The largest absolute Gasteiger partial charge is 0.135 e. The van der Waals surface area contributed by atoms with Crippen molar-refractivity contribution in [1.82, 2.24) is 0 Å². The Morgan fingerprint density at radius 3 is 2.80 bits per heavy atom. The number of hydrogen-bond acceptors (Lipinski definition) is 1. The number of fused-ring (bicyclic) bond motifs is 3. The summed E-state index contributed by atoms with van der Waals surface area (Å²) in [4.78, 5) is 0. The van der Waals surface area contributed by atoms with E-state index >= 15 is 0 Å². The van der Waals surface area contributed by atoms with Crippen molar-refractivity contribution < 1.29 is 0 Å². The van der Waals surface area contributed by atoms with Crippen molar-refractivity contribution in [2.45, 2.75) is 0 Å². The summed E-state index contributed by atoms with van der Waals surface area (Å²) < 4.78 is 3.71. The SMILES string of the molecule is Clc1ccc2sc3cccc(Br)c3c2c1. The summed E-state index contributed by atoms with van der Waals surface area (Å²) >= 11 is 11.4. The fourth-order valence-electron chi connectivity index (χ4n) is 1.76. The van der Waals surface area contributed by atoms with E-state index in [2.05, 4.69) is 40.2 Å². The molecule has 3 aromatic rings. The molecular weight excluding hydrogens is 292 g/mol. The summed E-state index contributed by atoms with van der Waals surface area (Å²) in [5.41, 5.74) is 0. The molecule has 3 heteroatoms. The minimum Gasteiger partial charge on any atom is -0.135 e. The first-order chi connectivity index (χ1) is 7.25. The quantitative estimate of drug-likeness (QED) is 0.516. The lowest BCUT2D eigenvalue weighted by atomic mass is 10.1. The molecule has 0 aliphatic heterocycles. The summed E-state index contributed by atoms with van der Waals surface area (Å²) in [6, 6.07) is 12.3. The fraction of sp³-hybridized carbons (Fsp3) is 0. The Labute approximate surface area is 105 Å². The summed E-state index contributed by atoms with van der Waals surface area (Å²) in [6.07, 6.45) is 0. The van der Waals surface area contributed by atoms with Crippen molar-refractivity contribution >= 4 is 59.0 Å². The van der Waals surface area contributed by atoms with Gasteiger partial charge in [0.2, 0.25) is 0 Å². The van der Waals surface area contributed by atoms with Gasteiger partial charge >= 0.3 is 0 Å². The Kier molecular flexibility index (Phi) is 2.23. The molecule has 2 aromatic carbocycles. The number of halogens is 2. The molecule has 0 nitrogen and oxygen atoms in total. The Balaban J connectivity index is 2.61. The zero-order valence-corrected chi connectivity index (χ0v) is 10.8. The van der Waals surface area contributed by atoms with E-state index in [9.17, 15) is 0 Å². The predicted octanol–water partition coefficient (Wildman–Crippen LogP) is 5.47. The van der Waals surface area contributed by atoms with Crippen LogP contribution in [0.4, 0.5) is 0 Å². The van der Waals surface area contributed by atoms with Crippen molar-refractivity contribution in [3.05, 3.63) is 45.9 Å². The monoisotopic (exact) mass is 296 g/mol. The minimum atomic E-state index is 0.790. The predicted molar refractivity (Wildman–Crippen MR) is 72.0 cm³/mol. The molecule has 0 aliphatic rings. The topological polar surface area (TPSA) is 0 Å². The van der Waals surface area contributed by atoms with Gasteiger partial charge in [-0.05, 0) is 30.3 Å². The van der Waals surface area contributed by atoms with Crippen LogP contribution in [0, 0.1) is 0 Å². The standard InChI is InChI=1S/C12H6BrClS/c13-9-2-1-3-11-12(9)8-6-7(14)4-5-10(8)15-11/h1-6H. The van der Waals surface area contributed by atoms with Gasteiger partial charge in [0, 0.05) is 29.7 Å². The van der Waals surface area contributed by atoms with Gasteiger partial charge in [0.1, 0.15) is 0 Å². The van der Waals surface area contributed by atoms with Gasteiger partial charge in [-0.1, -0.05) is 33.6 Å². The maximum atomic E-state index is 6.02. The normalized spacial score (nSPS) is 11.3. The molecule has 0 amide bonds. The van der Waals surface area contributed by atoms with Gasteiger partial charge in [0.15, 0.2) is 0 Å². The molecule has 0 spiro atoms. The first kappa shape index (κ1) is 9.64. The molecule has 0 aliphatic carbocycles. The summed E-state index contributed by atoms with van der Waals surface area (Å²) in [7, 11) is 0. The third-order valence-electron chi connectivity index (χ3n) is 2.41. The van der Waals surface area contributed by atoms with E-state index in [4.69, 9.17) is 11.6 Å². The van der Waals surface area contributed by atoms with E-state index in [0.29, 0.717) is 0 Å². The van der Waals surface area contributed by atoms with E-state index in [1.54, 1.807) is 11.3 Å². The van der Waals surface area contributed by atoms with Crippen molar-refractivity contribution in [3.8, 4) is 0 Å². The zero-order valence-electron chi connectivity index (χ0n) is 7.63. The molecule has 0 saturated carbocycles. The molecule has 0 atom stereocenters. The maximum absolute atomic E-state index is 6.02. The van der Waals surface area contributed by atoms with Crippen molar-refractivity contribution in [3.63, 3.8) is 0 Å². The van der Waals surface area contributed by atoms with Crippen LogP contribution in [0.15, 0.2) is 40.9 Å². The van der Waals surface area contributed by atoms with Crippen molar-refractivity contribution in [1.29, 1.82) is 0 Å². The summed E-state index contributed by atoms with van der Waals surface area (Å²) in [5, 5.41) is 3.29. The average Bonchev–Trinajstić information content (AvgIpc) is 2.57. The number of benzene rings is 2. The summed E-state index contributed by atoms with van der Waals surface area (Å²) in [5.74, 6) is 0. The van der Waals surface area contributed by atoms with Crippen LogP contribution >= 0.6 is 38.9 Å². The van der Waals surface area contributed by atoms with Crippen LogP contribution in [-0.4, -0.2) is 0 Å². The molecule has 0 unspecified atom stereocenters. The molecular formula is C12H6BrClS. The van der Waals surface area contributed by atoms with E-state index in [-0.39, 0.29) is 0 Å². The van der Waals surface area contributed by atoms with Gasteiger partial charge in [-0.2, -0.15) is 0 Å². The minimum absolute atomic E-state index is 0.790. The van der Waals surface area contributed by atoms with Crippen LogP contribution in [0.25, 0.3) is 20.2 Å². The van der Waals surface area contributed by atoms with Gasteiger partial charge < -0.3 is 0 Å². The van der Waals surface area contributed by atoms with Crippen molar-refractivity contribution in [2.24, 2.45) is 0 Å². The second-order valence-electron chi connectivity index (χ2n) is 3.36. The van der Waals surface area contributed by atoms with E-state index in [0.717, 1.165) is 9.50 Å². The zero-order chi connectivity index (χ0) is 10.4. The van der Waals surface area contributed by atoms with Gasteiger partial charge in [-0.3, -0.25) is 0 Å². The highest BCUT2D eigenvalue weighted by molar-refractivity contribution is 9.10. The van der Waals surface area contributed by atoms with Crippen LogP contribution in [0.2, 0.25) is 5.02 Å². The molecule has 0 fully saturated rings. The molecule has 74 valence electrons. The highest BCUT2D eigenvalue weighted by Gasteiger charge is 2.07. The van der Waals surface area contributed by atoms with Crippen LogP contribution in [0.5, 0.6) is 0 Å². The molecule has 0 N–H and O–H groups in total. The van der Waals surface area contributed by atoms with E-state index in [1.165, 1.54) is 20.2 Å². The van der Waals surface area contributed by atoms with E-state index in [1.807, 2.05) is 12.1 Å². The number of hydrogen-bond donors (Lipinski definition) is 0. The van der Waals surface area contributed by atoms with Gasteiger partial charge in [0.25, 0.3) is 0 Å². The lowest BCUT2D eigenvalue weighted by Gasteiger charge is -1.95. The van der Waals surface area contributed by atoms with Crippen LogP contribution in [0.3, 0.4) is 0 Å². The Morgan fingerprint density at radius 1 is 1.07 bits per heavy atom. The fourth-order valence-corrected chi connectivity index (χ4v) is 3.75. The Morgan fingerprint density at radius 2 is 1.93 bits per heavy atom. The molecule has 15 heavy (non-hydrogen) atoms. The molecule has 0 bridgehead atoms. The van der Waals surface area contributed by atoms with Gasteiger partial charge in [-0.25, -0.2) is 0 Å². The maximum Gasteiger partial charge on any atom is 0.0413 e. The lowest BCUT2D eigenvalue weighted by molar-refractivity contribution is 1.79. The van der Waals surface area contributed by atoms with Gasteiger partial charge in [-0.15, -0.1) is 11.3 Å². The van der Waals surface area contributed by atoms with Crippen LogP contribution in [-0.2, 0) is 0 Å². The first-order valence-electron chi connectivity index (χ1n) is 4.52. The highest BCUT2D eigenvalue weighted by Crippen LogP contribution is 2.38. The first-order valence-corrected chi connectivity index (χ1v) is 6.51. The third kappa shape index (κ3) is 1.48. The molecule has 1 aromatic heterocycles. The molecule has 0 saturated heterocycles. The Bertz CT molecular complexity index is 657. The third-order valence-corrected chi connectivity index (χ3v) is 4.44. The molecule has 1 heterocycles. The second-order valence-corrected chi connectivity index (χ2v) is 5.73. The van der Waals surface area contributed by atoms with Crippen LogP contribution < -0.4 is 0 Å². The van der Waals surface area contributed by atoms with Crippen LogP contribution in [0.1, 0.15) is 0 Å². The number of thiophene rings is 1. The van der Waals surface area contributed by atoms with Crippen molar-refractivity contribution in [2.75, 3.05) is 0 Å². The smallest absolute Gasteiger partial charge is 0.0413 e. The van der Waals surface area contributed by atoms with E-state index < -0.39 is 0 Å². The second kappa shape index (κ2) is 3.48. The molecule has 3 rings (SSSR count). The lowest BCUT2D eigenvalue weighted by Crippen LogP contribution is -1.69. The van der Waals surface area contributed by atoms with Gasteiger partial charge in [0.05, 0.1) is 0 Å². The Hall–Kier alpha value is -0.570. The number of rotatable bonds is 0.